The number of ether oxygens (including phenoxy) is 1. The molecule has 5 aromatic rings. The minimum atomic E-state index is -5.01. The summed E-state index contributed by atoms with van der Waals surface area (Å²) >= 11 is 1.26. The molecule has 2 amide bonds. The van der Waals surface area contributed by atoms with Crippen molar-refractivity contribution >= 4 is 50.7 Å². The molecule has 0 bridgehead atoms. The number of anilines is 2. The summed E-state index contributed by atoms with van der Waals surface area (Å²) in [7, 11) is 1.29. The van der Waals surface area contributed by atoms with Crippen LogP contribution in [0.5, 0.6) is 5.75 Å². The summed E-state index contributed by atoms with van der Waals surface area (Å²) in [5.74, 6) is -5.24. The van der Waals surface area contributed by atoms with Crippen molar-refractivity contribution in [3.63, 3.8) is 0 Å². The van der Waals surface area contributed by atoms with Crippen LogP contribution in [-0.2, 0) is 11.0 Å². The lowest BCUT2D eigenvalue weighted by Crippen LogP contribution is -2.20. The Kier molecular flexibility index (Phi) is 8.96. The molecule has 1 atom stereocenters. The number of rotatable bonds is 8. The SMILES string of the molecule is COc1ccc(-c2cc(C(N)C(=O)O)ccc2F)cc1C(=O)Nc1cc2sc(C)nc2cc1C(=O)Nc1ccc(F)c(C(F)(F)F)c1. The number of nitrogens with two attached hydrogens (primary N) is 1. The minimum absolute atomic E-state index is 0.0463. The molecular formula is C32H23F5N4O5S. The zero-order valence-corrected chi connectivity index (χ0v) is 25.1. The average Bonchev–Trinajstić information content (AvgIpc) is 3.39. The lowest BCUT2D eigenvalue weighted by atomic mass is 9.97. The van der Waals surface area contributed by atoms with Crippen molar-refractivity contribution < 1.29 is 46.2 Å². The van der Waals surface area contributed by atoms with E-state index in [0.717, 1.165) is 12.1 Å². The third-order valence-corrected chi connectivity index (χ3v) is 7.96. The number of carboxylic acids is 1. The first-order valence-corrected chi connectivity index (χ1v) is 14.3. The number of hydrogen-bond acceptors (Lipinski definition) is 7. The number of fused-ring (bicyclic) bond motifs is 1. The van der Waals surface area contributed by atoms with Crippen LogP contribution in [0.25, 0.3) is 21.3 Å². The molecule has 0 fully saturated rings. The van der Waals surface area contributed by atoms with Crippen LogP contribution in [-0.4, -0.2) is 35.0 Å². The van der Waals surface area contributed by atoms with Gasteiger partial charge in [0, 0.05) is 11.3 Å². The van der Waals surface area contributed by atoms with Crippen molar-refractivity contribution in [3.05, 3.63) is 106 Å². The summed E-state index contributed by atoms with van der Waals surface area (Å²) in [5.41, 5.74) is 4.07. The molecule has 242 valence electrons. The van der Waals surface area contributed by atoms with Gasteiger partial charge in [-0.3, -0.25) is 14.4 Å². The Labute approximate surface area is 266 Å². The van der Waals surface area contributed by atoms with Crippen LogP contribution in [0.4, 0.5) is 33.3 Å². The molecule has 5 N–H and O–H groups in total. The molecule has 0 aliphatic rings. The molecule has 0 saturated heterocycles. The van der Waals surface area contributed by atoms with Crippen LogP contribution in [0.1, 0.15) is 42.9 Å². The van der Waals surface area contributed by atoms with Crippen LogP contribution in [0.3, 0.4) is 0 Å². The van der Waals surface area contributed by atoms with Crippen molar-refractivity contribution in [1.29, 1.82) is 0 Å². The van der Waals surface area contributed by atoms with Crippen LogP contribution >= 0.6 is 11.3 Å². The number of aromatic nitrogens is 1. The summed E-state index contributed by atoms with van der Waals surface area (Å²) in [6, 6.07) is 11.0. The van der Waals surface area contributed by atoms with Crippen LogP contribution in [0.2, 0.25) is 0 Å². The van der Waals surface area contributed by atoms with E-state index in [1.54, 1.807) is 6.92 Å². The number of thiazole rings is 1. The number of nitrogens with zero attached hydrogens (tertiary/aromatic N) is 1. The first-order valence-electron chi connectivity index (χ1n) is 13.5. The van der Waals surface area contributed by atoms with E-state index in [-0.39, 0.29) is 44.9 Å². The molecule has 1 heterocycles. The molecule has 15 heteroatoms. The highest BCUT2D eigenvalue weighted by Crippen LogP contribution is 2.35. The molecule has 0 saturated carbocycles. The second kappa shape index (κ2) is 12.8. The number of nitrogens with one attached hydrogen (secondary N) is 2. The number of benzene rings is 4. The topological polar surface area (TPSA) is 144 Å². The zero-order valence-electron chi connectivity index (χ0n) is 24.3. The number of aryl methyl sites for hydroxylation is 1. The van der Waals surface area contributed by atoms with Gasteiger partial charge in [0.05, 0.1) is 44.7 Å². The van der Waals surface area contributed by atoms with Gasteiger partial charge in [0.25, 0.3) is 11.8 Å². The van der Waals surface area contributed by atoms with Gasteiger partial charge in [-0.25, -0.2) is 13.8 Å². The first-order chi connectivity index (χ1) is 22.2. The largest absolute Gasteiger partial charge is 0.496 e. The summed E-state index contributed by atoms with van der Waals surface area (Å²) < 4.78 is 74.5. The minimum Gasteiger partial charge on any atom is -0.496 e. The molecule has 1 unspecified atom stereocenters. The fraction of sp³-hybridized carbons (Fsp3) is 0.125. The van der Waals surface area contributed by atoms with Gasteiger partial charge >= 0.3 is 12.1 Å². The fourth-order valence-corrected chi connectivity index (χ4v) is 5.59. The maximum absolute atomic E-state index is 14.9. The highest BCUT2D eigenvalue weighted by molar-refractivity contribution is 7.18. The number of aliphatic carboxylic acids is 1. The van der Waals surface area contributed by atoms with E-state index in [4.69, 9.17) is 10.5 Å². The Morgan fingerprint density at radius 2 is 1.62 bits per heavy atom. The van der Waals surface area contributed by atoms with E-state index in [1.165, 1.54) is 60.9 Å². The summed E-state index contributed by atoms with van der Waals surface area (Å²) in [5, 5.41) is 14.8. The van der Waals surface area contributed by atoms with Gasteiger partial charge in [-0.05, 0) is 72.6 Å². The van der Waals surface area contributed by atoms with Gasteiger partial charge in [-0.2, -0.15) is 13.2 Å². The van der Waals surface area contributed by atoms with Crippen molar-refractivity contribution in [1.82, 2.24) is 4.98 Å². The Morgan fingerprint density at radius 1 is 0.915 bits per heavy atom. The van der Waals surface area contributed by atoms with E-state index >= 15 is 0 Å². The second-order valence-electron chi connectivity index (χ2n) is 10.2. The number of carbonyl (C=O) groups excluding carboxylic acids is 2. The average molecular weight is 671 g/mol. The number of amides is 2. The predicted octanol–water partition coefficient (Wildman–Crippen LogP) is 7.17. The normalized spacial score (nSPS) is 12.1. The highest BCUT2D eigenvalue weighted by Gasteiger charge is 2.34. The van der Waals surface area contributed by atoms with E-state index < -0.39 is 47.2 Å². The molecule has 0 aliphatic carbocycles. The van der Waals surface area contributed by atoms with E-state index in [2.05, 4.69) is 15.6 Å². The summed E-state index contributed by atoms with van der Waals surface area (Å²) in [6.07, 6.45) is -5.01. The van der Waals surface area contributed by atoms with Crippen molar-refractivity contribution in [3.8, 4) is 16.9 Å². The van der Waals surface area contributed by atoms with Crippen molar-refractivity contribution in [2.75, 3.05) is 17.7 Å². The third-order valence-electron chi connectivity index (χ3n) is 7.03. The smallest absolute Gasteiger partial charge is 0.419 e. The molecule has 0 radical (unpaired) electrons. The van der Waals surface area contributed by atoms with E-state index in [0.29, 0.717) is 27.4 Å². The quantitative estimate of drug-likeness (QED) is 0.128. The Balaban J connectivity index is 1.53. The number of alkyl halides is 3. The van der Waals surface area contributed by atoms with Gasteiger partial charge in [0.1, 0.15) is 23.4 Å². The number of methoxy groups -OCH3 is 1. The maximum Gasteiger partial charge on any atom is 0.419 e. The monoisotopic (exact) mass is 670 g/mol. The highest BCUT2D eigenvalue weighted by atomic mass is 32.1. The summed E-state index contributed by atoms with van der Waals surface area (Å²) in [4.78, 5) is 42.8. The number of carboxylic acid groups (broad SMARTS) is 1. The van der Waals surface area contributed by atoms with E-state index in [9.17, 15) is 41.4 Å². The van der Waals surface area contributed by atoms with Crippen LogP contribution < -0.4 is 21.1 Å². The zero-order chi connectivity index (χ0) is 34.2. The molecule has 1 aromatic heterocycles. The van der Waals surface area contributed by atoms with Gasteiger partial charge in [0.15, 0.2) is 0 Å². The molecule has 9 nitrogen and oxygen atoms in total. The van der Waals surface area contributed by atoms with Gasteiger partial charge in [-0.15, -0.1) is 11.3 Å². The lowest BCUT2D eigenvalue weighted by molar-refractivity contribution is -0.140. The van der Waals surface area contributed by atoms with Gasteiger partial charge in [0.2, 0.25) is 0 Å². The van der Waals surface area contributed by atoms with Gasteiger partial charge in [-0.1, -0.05) is 12.1 Å². The lowest BCUT2D eigenvalue weighted by Gasteiger charge is -2.16. The predicted molar refractivity (Wildman–Crippen MR) is 165 cm³/mol. The maximum atomic E-state index is 14.9. The second-order valence-corrected chi connectivity index (χ2v) is 11.4. The molecule has 0 aliphatic heterocycles. The van der Waals surface area contributed by atoms with Crippen LogP contribution in [0, 0.1) is 18.6 Å². The summed E-state index contributed by atoms with van der Waals surface area (Å²) in [6.45, 7) is 1.72. The van der Waals surface area contributed by atoms with Crippen LogP contribution in [0.15, 0.2) is 66.7 Å². The third kappa shape index (κ3) is 6.90. The molecule has 47 heavy (non-hydrogen) atoms. The molecule has 5 rings (SSSR count). The first kappa shape index (κ1) is 33.0. The molecular weight excluding hydrogens is 647 g/mol. The Bertz CT molecular complexity index is 2060. The molecule has 0 spiro atoms. The van der Waals surface area contributed by atoms with Gasteiger partial charge < -0.3 is 26.2 Å². The number of hydrogen-bond donors (Lipinski definition) is 4. The van der Waals surface area contributed by atoms with Crippen molar-refractivity contribution in [2.24, 2.45) is 5.73 Å². The number of carbonyl (C=O) groups is 3. The van der Waals surface area contributed by atoms with Crippen molar-refractivity contribution in [2.45, 2.75) is 19.1 Å². The number of halogens is 5. The van der Waals surface area contributed by atoms with E-state index in [1.807, 2.05) is 0 Å². The fourth-order valence-electron chi connectivity index (χ4n) is 4.74. The Morgan fingerprint density at radius 3 is 2.30 bits per heavy atom. The standard InChI is InChI=1S/C32H23F5N4O5S/c1-14-39-25-12-19(29(42)40-17-5-7-23(34)21(11-17)32(35,36)37)24(13-27(25)47-14)41-30(43)20-9-15(4-8-26(20)46-2)18-10-16(3-6-22(18)33)28(38)31(44)45/h3-13,28H,38H2,1-2H3,(H,40,42)(H,41,43)(H,44,45). The molecule has 4 aromatic carbocycles. The Hall–Kier alpha value is -5.41.